The Morgan fingerprint density at radius 1 is 1.17 bits per heavy atom. The zero-order valence-corrected chi connectivity index (χ0v) is 14.2. The third-order valence-electron chi connectivity index (χ3n) is 3.03. The number of benzene rings is 1. The van der Waals surface area contributed by atoms with Crippen molar-refractivity contribution in [2.45, 2.75) is 33.4 Å². The van der Waals surface area contributed by atoms with Gasteiger partial charge in [0.1, 0.15) is 0 Å². The molecular formula is C18H23N3O3. The number of ether oxygens (including phenoxy) is 2. The molecule has 0 atom stereocenters. The first-order valence-electron chi connectivity index (χ1n) is 7.97. The normalized spacial score (nSPS) is 10.3. The average molecular weight is 329 g/mol. The number of amides is 2. The van der Waals surface area contributed by atoms with Crippen molar-refractivity contribution in [1.82, 2.24) is 15.6 Å². The van der Waals surface area contributed by atoms with Crippen molar-refractivity contribution in [2.24, 2.45) is 0 Å². The Kier molecular flexibility index (Phi) is 6.42. The summed E-state index contributed by atoms with van der Waals surface area (Å²) in [6.45, 7) is 6.71. The van der Waals surface area contributed by atoms with Gasteiger partial charge in [-0.15, -0.1) is 0 Å². The van der Waals surface area contributed by atoms with Gasteiger partial charge in [-0.3, -0.25) is 0 Å². The van der Waals surface area contributed by atoms with Gasteiger partial charge < -0.3 is 20.1 Å². The molecule has 2 N–H and O–H groups in total. The summed E-state index contributed by atoms with van der Waals surface area (Å²) in [5.41, 5.74) is 0.888. The first kappa shape index (κ1) is 17.6. The molecule has 0 aliphatic heterocycles. The molecule has 0 bridgehead atoms. The van der Waals surface area contributed by atoms with Gasteiger partial charge in [0, 0.05) is 24.8 Å². The second-order valence-electron chi connectivity index (χ2n) is 5.47. The molecule has 0 unspecified atom stereocenters. The number of hydrogen-bond donors (Lipinski definition) is 2. The van der Waals surface area contributed by atoms with E-state index >= 15 is 0 Å². The van der Waals surface area contributed by atoms with Crippen LogP contribution in [0.5, 0.6) is 17.4 Å². The topological polar surface area (TPSA) is 72.5 Å². The number of nitrogens with one attached hydrogen (secondary N) is 2. The minimum Gasteiger partial charge on any atom is -0.490 e. The fraction of sp³-hybridized carbons (Fsp3) is 0.333. The van der Waals surface area contributed by atoms with E-state index in [9.17, 15) is 4.79 Å². The van der Waals surface area contributed by atoms with Gasteiger partial charge >= 0.3 is 6.03 Å². The van der Waals surface area contributed by atoms with Crippen LogP contribution in [0.15, 0.2) is 42.6 Å². The maximum atomic E-state index is 11.6. The number of carbonyl (C=O) groups is 1. The van der Waals surface area contributed by atoms with Crippen LogP contribution in [0.2, 0.25) is 0 Å². The van der Waals surface area contributed by atoms with E-state index in [-0.39, 0.29) is 12.1 Å². The fourth-order valence-electron chi connectivity index (χ4n) is 1.99. The Morgan fingerprint density at radius 3 is 2.54 bits per heavy atom. The zero-order chi connectivity index (χ0) is 17.4. The smallest absolute Gasteiger partial charge is 0.315 e. The largest absolute Gasteiger partial charge is 0.490 e. The lowest BCUT2D eigenvalue weighted by atomic mass is 10.3. The van der Waals surface area contributed by atoms with Gasteiger partial charge in [0.05, 0.1) is 6.61 Å². The number of nitrogens with zero attached hydrogens (tertiary/aromatic N) is 1. The van der Waals surface area contributed by atoms with E-state index in [0.717, 1.165) is 5.56 Å². The molecule has 6 heteroatoms. The molecule has 0 radical (unpaired) electrons. The summed E-state index contributed by atoms with van der Waals surface area (Å²) in [7, 11) is 0. The van der Waals surface area contributed by atoms with E-state index in [2.05, 4.69) is 15.6 Å². The SMILES string of the molecule is CCOc1ccccc1Oc1ccc(CNC(=O)NC(C)C)cn1. The van der Waals surface area contributed by atoms with Crippen LogP contribution in [-0.4, -0.2) is 23.7 Å². The lowest BCUT2D eigenvalue weighted by Gasteiger charge is -2.11. The van der Waals surface area contributed by atoms with Gasteiger partial charge in [-0.25, -0.2) is 9.78 Å². The highest BCUT2D eigenvalue weighted by atomic mass is 16.5. The highest BCUT2D eigenvalue weighted by molar-refractivity contribution is 5.74. The molecule has 1 heterocycles. The Labute approximate surface area is 142 Å². The minimum absolute atomic E-state index is 0.101. The molecule has 1 aromatic carbocycles. The summed E-state index contributed by atoms with van der Waals surface area (Å²) in [5.74, 6) is 1.77. The Balaban J connectivity index is 1.94. The van der Waals surface area contributed by atoms with E-state index < -0.39 is 0 Å². The number of pyridine rings is 1. The van der Waals surface area contributed by atoms with E-state index in [1.807, 2.05) is 51.1 Å². The first-order chi connectivity index (χ1) is 11.6. The van der Waals surface area contributed by atoms with Gasteiger partial charge in [0.25, 0.3) is 0 Å². The molecule has 24 heavy (non-hydrogen) atoms. The van der Waals surface area contributed by atoms with Gasteiger partial charge in [0.15, 0.2) is 11.5 Å². The minimum atomic E-state index is -0.198. The molecule has 0 fully saturated rings. The van der Waals surface area contributed by atoms with Crippen molar-refractivity contribution < 1.29 is 14.3 Å². The van der Waals surface area contributed by atoms with Crippen molar-refractivity contribution in [3.05, 3.63) is 48.2 Å². The maximum absolute atomic E-state index is 11.6. The van der Waals surface area contributed by atoms with Crippen molar-refractivity contribution in [2.75, 3.05) is 6.61 Å². The maximum Gasteiger partial charge on any atom is 0.315 e. The lowest BCUT2D eigenvalue weighted by molar-refractivity contribution is 0.238. The van der Waals surface area contributed by atoms with Crippen LogP contribution in [-0.2, 0) is 6.54 Å². The van der Waals surface area contributed by atoms with Crippen LogP contribution in [0.25, 0.3) is 0 Å². The quantitative estimate of drug-likeness (QED) is 0.816. The van der Waals surface area contributed by atoms with Crippen LogP contribution in [0, 0.1) is 0 Å². The van der Waals surface area contributed by atoms with Crippen LogP contribution >= 0.6 is 0 Å². The standard InChI is InChI=1S/C18H23N3O3/c1-4-23-15-7-5-6-8-16(15)24-17-10-9-14(11-19-17)12-20-18(22)21-13(2)3/h5-11,13H,4,12H2,1-3H3,(H2,20,21,22). The second kappa shape index (κ2) is 8.76. The van der Waals surface area contributed by atoms with E-state index in [1.165, 1.54) is 0 Å². The summed E-state index contributed by atoms with van der Waals surface area (Å²) in [6.07, 6.45) is 1.67. The predicted molar refractivity (Wildman–Crippen MR) is 92.4 cm³/mol. The van der Waals surface area contributed by atoms with Crippen LogP contribution in [0.3, 0.4) is 0 Å². The van der Waals surface area contributed by atoms with Crippen LogP contribution in [0.1, 0.15) is 26.3 Å². The van der Waals surface area contributed by atoms with Crippen molar-refractivity contribution in [1.29, 1.82) is 0 Å². The molecule has 0 spiro atoms. The summed E-state index contributed by atoms with van der Waals surface area (Å²) in [6, 6.07) is 11.0. The first-order valence-corrected chi connectivity index (χ1v) is 7.97. The highest BCUT2D eigenvalue weighted by Gasteiger charge is 2.07. The molecule has 2 rings (SSSR count). The third kappa shape index (κ3) is 5.46. The van der Waals surface area contributed by atoms with Gasteiger partial charge in [-0.1, -0.05) is 18.2 Å². The second-order valence-corrected chi connectivity index (χ2v) is 5.47. The molecule has 0 aliphatic carbocycles. The monoisotopic (exact) mass is 329 g/mol. The number of carbonyl (C=O) groups excluding carboxylic acids is 1. The fourth-order valence-corrected chi connectivity index (χ4v) is 1.99. The summed E-state index contributed by atoms with van der Waals surface area (Å²) < 4.78 is 11.3. The third-order valence-corrected chi connectivity index (χ3v) is 3.03. The molecule has 128 valence electrons. The Morgan fingerprint density at radius 2 is 1.92 bits per heavy atom. The number of para-hydroxylation sites is 2. The molecule has 6 nitrogen and oxygen atoms in total. The number of rotatable bonds is 7. The van der Waals surface area contributed by atoms with Crippen molar-refractivity contribution >= 4 is 6.03 Å². The zero-order valence-electron chi connectivity index (χ0n) is 14.2. The molecule has 0 saturated heterocycles. The predicted octanol–water partition coefficient (Wildman–Crippen LogP) is 3.48. The Bertz CT molecular complexity index is 657. The summed E-state index contributed by atoms with van der Waals surface area (Å²) in [4.78, 5) is 15.8. The number of hydrogen-bond acceptors (Lipinski definition) is 4. The van der Waals surface area contributed by atoms with E-state index in [4.69, 9.17) is 9.47 Å². The summed E-state index contributed by atoms with van der Waals surface area (Å²) in [5, 5.41) is 5.54. The van der Waals surface area contributed by atoms with Gasteiger partial charge in [0.2, 0.25) is 5.88 Å². The van der Waals surface area contributed by atoms with Crippen molar-refractivity contribution in [3.8, 4) is 17.4 Å². The molecule has 2 aromatic rings. The molecule has 2 amide bonds. The number of aromatic nitrogens is 1. The lowest BCUT2D eigenvalue weighted by Crippen LogP contribution is -2.39. The summed E-state index contributed by atoms with van der Waals surface area (Å²) >= 11 is 0. The van der Waals surface area contributed by atoms with Crippen LogP contribution < -0.4 is 20.1 Å². The Hall–Kier alpha value is -2.76. The molecule has 1 aromatic heterocycles. The van der Waals surface area contributed by atoms with Gasteiger partial charge in [-0.05, 0) is 38.5 Å². The molecule has 0 saturated carbocycles. The van der Waals surface area contributed by atoms with E-state index in [1.54, 1.807) is 12.3 Å². The van der Waals surface area contributed by atoms with Crippen molar-refractivity contribution in [3.63, 3.8) is 0 Å². The molecule has 0 aliphatic rings. The van der Waals surface area contributed by atoms with Crippen LogP contribution in [0.4, 0.5) is 4.79 Å². The molecular weight excluding hydrogens is 306 g/mol. The number of urea groups is 1. The van der Waals surface area contributed by atoms with Gasteiger partial charge in [-0.2, -0.15) is 0 Å². The van der Waals surface area contributed by atoms with E-state index in [0.29, 0.717) is 30.5 Å². The highest BCUT2D eigenvalue weighted by Crippen LogP contribution is 2.30. The average Bonchev–Trinajstić information content (AvgIpc) is 2.56.